The van der Waals surface area contributed by atoms with Gasteiger partial charge in [-0.1, -0.05) is 0 Å². The van der Waals surface area contributed by atoms with Crippen LogP contribution in [0.3, 0.4) is 0 Å². The minimum atomic E-state index is -4.74. The average Bonchev–Trinajstić information content (AvgIpc) is 2.15. The van der Waals surface area contributed by atoms with Crippen LogP contribution in [-0.4, -0.2) is 17.6 Å². The van der Waals surface area contributed by atoms with Crippen molar-refractivity contribution in [2.75, 3.05) is 12.3 Å². The highest BCUT2D eigenvalue weighted by atomic mass is 19.4. The number of alkyl halides is 3. The molecular weight excluding hydrogens is 241 g/mol. The second-order valence-electron chi connectivity index (χ2n) is 3.05. The number of rotatable bonds is 2. The van der Waals surface area contributed by atoms with Crippen LogP contribution in [0.5, 0.6) is 0 Å². The number of nitrogens with two attached hydrogens (primary N) is 1. The molecule has 0 saturated heterocycles. The third-order valence-electron chi connectivity index (χ3n) is 1.85. The molecule has 0 bridgehead atoms. The van der Waals surface area contributed by atoms with E-state index in [4.69, 9.17) is 5.73 Å². The van der Waals surface area contributed by atoms with Gasteiger partial charge in [-0.15, -0.1) is 0 Å². The molecular formula is C9H9F3N2O3. The van der Waals surface area contributed by atoms with E-state index in [1.807, 2.05) is 0 Å². The number of H-pyrrole nitrogens is 1. The van der Waals surface area contributed by atoms with E-state index in [0.717, 1.165) is 0 Å². The minimum Gasteiger partial charge on any atom is -0.462 e. The average molecular weight is 250 g/mol. The van der Waals surface area contributed by atoms with Crippen LogP contribution in [0.25, 0.3) is 0 Å². The van der Waals surface area contributed by atoms with E-state index in [1.165, 1.54) is 6.92 Å². The number of aromatic amines is 1. The predicted molar refractivity (Wildman–Crippen MR) is 52.4 cm³/mol. The summed E-state index contributed by atoms with van der Waals surface area (Å²) in [5.41, 5.74) is 2.12. The number of anilines is 1. The van der Waals surface area contributed by atoms with Crippen molar-refractivity contribution in [2.45, 2.75) is 13.1 Å². The number of aromatic nitrogens is 1. The fourth-order valence-corrected chi connectivity index (χ4v) is 1.15. The van der Waals surface area contributed by atoms with E-state index in [9.17, 15) is 22.8 Å². The van der Waals surface area contributed by atoms with Gasteiger partial charge in [-0.3, -0.25) is 4.79 Å². The molecule has 1 heterocycles. The Labute approximate surface area is 93.4 Å². The largest absolute Gasteiger partial charge is 0.462 e. The second kappa shape index (κ2) is 4.48. The van der Waals surface area contributed by atoms with Crippen molar-refractivity contribution in [1.82, 2.24) is 4.98 Å². The van der Waals surface area contributed by atoms with Crippen molar-refractivity contribution in [1.29, 1.82) is 0 Å². The van der Waals surface area contributed by atoms with Crippen molar-refractivity contribution in [3.63, 3.8) is 0 Å². The molecule has 94 valence electrons. The van der Waals surface area contributed by atoms with Gasteiger partial charge in [0, 0.05) is 6.07 Å². The Morgan fingerprint density at radius 1 is 1.53 bits per heavy atom. The van der Waals surface area contributed by atoms with Crippen LogP contribution >= 0.6 is 0 Å². The molecule has 0 radical (unpaired) electrons. The number of pyridine rings is 1. The van der Waals surface area contributed by atoms with Crippen LogP contribution in [-0.2, 0) is 10.9 Å². The topological polar surface area (TPSA) is 85.2 Å². The second-order valence-corrected chi connectivity index (χ2v) is 3.05. The molecule has 1 aromatic heterocycles. The summed E-state index contributed by atoms with van der Waals surface area (Å²) in [4.78, 5) is 24.3. The molecule has 1 aromatic rings. The van der Waals surface area contributed by atoms with Gasteiger partial charge in [-0.2, -0.15) is 13.2 Å². The van der Waals surface area contributed by atoms with Gasteiger partial charge >= 0.3 is 12.1 Å². The zero-order chi connectivity index (χ0) is 13.2. The summed E-state index contributed by atoms with van der Waals surface area (Å²) in [5.74, 6) is -1.72. The van der Waals surface area contributed by atoms with Crippen LogP contribution in [0.4, 0.5) is 19.0 Å². The van der Waals surface area contributed by atoms with E-state index < -0.39 is 34.6 Å². The van der Waals surface area contributed by atoms with Crippen molar-refractivity contribution < 1.29 is 22.7 Å². The maximum Gasteiger partial charge on any atom is 0.431 e. The zero-order valence-electron chi connectivity index (χ0n) is 8.72. The molecule has 0 spiro atoms. The highest BCUT2D eigenvalue weighted by Crippen LogP contribution is 2.27. The summed E-state index contributed by atoms with van der Waals surface area (Å²) in [7, 11) is 0. The highest BCUT2D eigenvalue weighted by Gasteiger charge is 2.33. The first kappa shape index (κ1) is 13.1. The van der Waals surface area contributed by atoms with Crippen LogP contribution in [0.1, 0.15) is 23.0 Å². The number of nitrogen functional groups attached to an aromatic ring is 1. The lowest BCUT2D eigenvalue weighted by atomic mass is 10.2. The Bertz CT molecular complexity index is 493. The molecule has 0 saturated carbocycles. The van der Waals surface area contributed by atoms with Gasteiger partial charge in [0.05, 0.1) is 6.61 Å². The van der Waals surface area contributed by atoms with Crippen molar-refractivity contribution in [3.05, 3.63) is 27.5 Å². The molecule has 8 heteroatoms. The van der Waals surface area contributed by atoms with Gasteiger partial charge in [-0.25, -0.2) is 4.79 Å². The smallest absolute Gasteiger partial charge is 0.431 e. The summed E-state index contributed by atoms with van der Waals surface area (Å²) >= 11 is 0. The van der Waals surface area contributed by atoms with E-state index in [1.54, 1.807) is 4.98 Å². The van der Waals surface area contributed by atoms with Gasteiger partial charge in [0.15, 0.2) is 5.43 Å². The number of halogens is 3. The number of nitrogens with one attached hydrogen (secondary N) is 1. The van der Waals surface area contributed by atoms with Crippen molar-refractivity contribution in [2.24, 2.45) is 0 Å². The molecule has 0 aliphatic heterocycles. The molecule has 0 aliphatic carbocycles. The third-order valence-corrected chi connectivity index (χ3v) is 1.85. The molecule has 0 fully saturated rings. The summed E-state index contributed by atoms with van der Waals surface area (Å²) in [6.45, 7) is 1.48. The van der Waals surface area contributed by atoms with E-state index in [0.29, 0.717) is 0 Å². The lowest BCUT2D eigenvalue weighted by Gasteiger charge is -2.09. The first-order valence-corrected chi connectivity index (χ1v) is 4.54. The molecule has 17 heavy (non-hydrogen) atoms. The first-order valence-electron chi connectivity index (χ1n) is 4.54. The lowest BCUT2D eigenvalue weighted by Crippen LogP contribution is -2.24. The summed E-state index contributed by atoms with van der Waals surface area (Å²) in [6.07, 6.45) is -4.74. The number of carbonyl (C=O) groups excluding carboxylic acids is 1. The molecule has 0 unspecified atom stereocenters. The van der Waals surface area contributed by atoms with Gasteiger partial charge in [0.25, 0.3) is 0 Å². The van der Waals surface area contributed by atoms with Crippen molar-refractivity contribution >= 4 is 11.8 Å². The molecule has 0 atom stereocenters. The van der Waals surface area contributed by atoms with Crippen LogP contribution in [0.15, 0.2) is 10.9 Å². The van der Waals surface area contributed by atoms with Gasteiger partial charge in [-0.05, 0) is 6.92 Å². The number of hydrogen-bond acceptors (Lipinski definition) is 4. The first-order chi connectivity index (χ1) is 7.77. The molecule has 3 N–H and O–H groups in total. The molecule has 0 aliphatic rings. The zero-order valence-corrected chi connectivity index (χ0v) is 8.72. The Hall–Kier alpha value is -1.99. The fraction of sp³-hybridized carbons (Fsp3) is 0.333. The molecule has 0 amide bonds. The maximum absolute atomic E-state index is 12.3. The Morgan fingerprint density at radius 2 is 2.12 bits per heavy atom. The number of ether oxygens (including phenoxy) is 1. The number of esters is 1. The van der Waals surface area contributed by atoms with E-state index in [2.05, 4.69) is 4.74 Å². The lowest BCUT2D eigenvalue weighted by molar-refractivity contribution is -0.141. The van der Waals surface area contributed by atoms with Gasteiger partial charge in [0.1, 0.15) is 17.1 Å². The molecule has 0 aromatic carbocycles. The summed E-state index contributed by atoms with van der Waals surface area (Å²) < 4.78 is 41.4. The SMILES string of the molecule is CCOC(=O)c1c(N)[nH]c(C(F)(F)F)cc1=O. The van der Waals surface area contributed by atoms with Gasteiger partial charge in [0.2, 0.25) is 0 Å². The Balaban J connectivity index is 3.30. The van der Waals surface area contributed by atoms with E-state index in [-0.39, 0.29) is 12.7 Å². The third kappa shape index (κ3) is 2.77. The predicted octanol–water partition coefficient (Wildman–Crippen LogP) is 1.15. The normalized spacial score (nSPS) is 11.3. The molecule has 5 nitrogen and oxygen atoms in total. The Kier molecular flexibility index (Phi) is 3.45. The minimum absolute atomic E-state index is 0.0151. The van der Waals surface area contributed by atoms with Crippen LogP contribution in [0, 0.1) is 0 Å². The van der Waals surface area contributed by atoms with Gasteiger partial charge < -0.3 is 15.5 Å². The number of carbonyl (C=O) groups is 1. The molecule has 1 rings (SSSR count). The standard InChI is InChI=1S/C9H9F3N2O3/c1-2-17-8(16)6-4(15)3-5(9(10,11)12)14-7(6)13/h3H,2H2,1H3,(H3,13,14,15). The Morgan fingerprint density at radius 3 is 2.53 bits per heavy atom. The summed E-state index contributed by atoms with van der Waals surface area (Å²) in [6, 6.07) is 0.266. The summed E-state index contributed by atoms with van der Waals surface area (Å²) in [5, 5.41) is 0. The monoisotopic (exact) mass is 250 g/mol. The highest BCUT2D eigenvalue weighted by molar-refractivity contribution is 5.93. The van der Waals surface area contributed by atoms with Crippen molar-refractivity contribution in [3.8, 4) is 0 Å². The van der Waals surface area contributed by atoms with Crippen LogP contribution < -0.4 is 11.2 Å². The maximum atomic E-state index is 12.3. The quantitative estimate of drug-likeness (QED) is 0.771. The number of hydrogen-bond donors (Lipinski definition) is 2. The van der Waals surface area contributed by atoms with Crippen LogP contribution in [0.2, 0.25) is 0 Å². The van der Waals surface area contributed by atoms with E-state index >= 15 is 0 Å². The fourth-order valence-electron chi connectivity index (χ4n) is 1.15.